The minimum atomic E-state index is 0.747. The van der Waals surface area contributed by atoms with Gasteiger partial charge in [0.1, 0.15) is 5.15 Å². The fourth-order valence-electron chi connectivity index (χ4n) is 2.15. The van der Waals surface area contributed by atoms with Crippen molar-refractivity contribution in [1.82, 2.24) is 4.57 Å². The molecule has 1 nitrogen and oxygen atoms in total. The molecule has 3 rings (SSSR count). The number of aryl methyl sites for hydroxylation is 1. The van der Waals surface area contributed by atoms with Crippen LogP contribution in [-0.2, 0) is 0 Å². The molecule has 0 aliphatic heterocycles. The summed E-state index contributed by atoms with van der Waals surface area (Å²) in [6, 6.07) is 18.6. The predicted octanol–water partition coefficient (Wildman–Crippen LogP) is 4.59. The van der Waals surface area contributed by atoms with Crippen molar-refractivity contribution in [2.45, 2.75) is 6.92 Å². The molecule has 0 aliphatic rings. The van der Waals surface area contributed by atoms with Gasteiger partial charge in [0.05, 0.1) is 5.52 Å². The standard InChI is InChI=1S/C15H12ClN/c1-11-5-4-7-13(9-11)17-14-8-3-2-6-12(14)10-15(17)16/h2-10H,1H3. The highest BCUT2D eigenvalue weighted by molar-refractivity contribution is 6.31. The summed E-state index contributed by atoms with van der Waals surface area (Å²) in [7, 11) is 0. The smallest absolute Gasteiger partial charge is 0.114 e. The van der Waals surface area contributed by atoms with Crippen LogP contribution in [0.5, 0.6) is 0 Å². The van der Waals surface area contributed by atoms with Gasteiger partial charge in [0.25, 0.3) is 0 Å². The van der Waals surface area contributed by atoms with E-state index in [1.54, 1.807) is 0 Å². The Hall–Kier alpha value is -1.73. The molecule has 0 bridgehead atoms. The number of aromatic nitrogens is 1. The molecule has 0 N–H and O–H groups in total. The number of nitrogens with zero attached hydrogens (tertiary/aromatic N) is 1. The summed E-state index contributed by atoms with van der Waals surface area (Å²) >= 11 is 6.32. The van der Waals surface area contributed by atoms with Gasteiger partial charge in [-0.3, -0.25) is 0 Å². The molecule has 0 fully saturated rings. The van der Waals surface area contributed by atoms with Gasteiger partial charge in [-0.2, -0.15) is 0 Å². The third kappa shape index (κ3) is 1.73. The highest BCUT2D eigenvalue weighted by Crippen LogP contribution is 2.27. The molecule has 0 amide bonds. The molecular formula is C15H12ClN. The van der Waals surface area contributed by atoms with Gasteiger partial charge in [-0.25, -0.2) is 0 Å². The van der Waals surface area contributed by atoms with Gasteiger partial charge in [-0.1, -0.05) is 41.9 Å². The Labute approximate surface area is 105 Å². The maximum atomic E-state index is 6.32. The van der Waals surface area contributed by atoms with E-state index in [2.05, 4.69) is 47.9 Å². The van der Waals surface area contributed by atoms with Crippen molar-refractivity contribution in [3.63, 3.8) is 0 Å². The van der Waals surface area contributed by atoms with E-state index in [4.69, 9.17) is 11.6 Å². The van der Waals surface area contributed by atoms with Crippen molar-refractivity contribution in [1.29, 1.82) is 0 Å². The molecule has 1 aromatic heterocycles. The molecule has 0 aliphatic carbocycles. The first-order valence-electron chi connectivity index (χ1n) is 5.59. The van der Waals surface area contributed by atoms with Gasteiger partial charge < -0.3 is 4.57 Å². The molecule has 1 heterocycles. The molecule has 0 atom stereocenters. The molecule has 2 heteroatoms. The van der Waals surface area contributed by atoms with E-state index < -0.39 is 0 Å². The second-order valence-corrected chi connectivity index (χ2v) is 4.59. The maximum absolute atomic E-state index is 6.32. The molecular weight excluding hydrogens is 230 g/mol. The van der Waals surface area contributed by atoms with Gasteiger partial charge in [0.2, 0.25) is 0 Å². The minimum Gasteiger partial charge on any atom is -0.300 e. The normalized spacial score (nSPS) is 10.9. The third-order valence-electron chi connectivity index (χ3n) is 2.93. The van der Waals surface area contributed by atoms with Gasteiger partial charge in [0.15, 0.2) is 0 Å². The Bertz CT molecular complexity index is 682. The van der Waals surface area contributed by atoms with Crippen LogP contribution in [0.15, 0.2) is 54.6 Å². The van der Waals surface area contributed by atoms with Gasteiger partial charge in [-0.15, -0.1) is 0 Å². The van der Waals surface area contributed by atoms with Crippen LogP contribution in [0.1, 0.15) is 5.56 Å². The Kier molecular flexibility index (Phi) is 2.41. The first kappa shape index (κ1) is 10.4. The summed E-state index contributed by atoms with van der Waals surface area (Å²) in [5.41, 5.74) is 3.48. The molecule has 0 spiro atoms. The van der Waals surface area contributed by atoms with E-state index in [1.807, 2.05) is 18.2 Å². The Morgan fingerprint density at radius 2 is 1.76 bits per heavy atom. The summed E-state index contributed by atoms with van der Waals surface area (Å²) in [5.74, 6) is 0. The lowest BCUT2D eigenvalue weighted by atomic mass is 10.2. The lowest BCUT2D eigenvalue weighted by molar-refractivity contribution is 1.12. The summed E-state index contributed by atoms with van der Waals surface area (Å²) < 4.78 is 2.07. The van der Waals surface area contributed by atoms with Crippen molar-refractivity contribution in [2.75, 3.05) is 0 Å². The zero-order chi connectivity index (χ0) is 11.8. The molecule has 0 saturated carbocycles. The van der Waals surface area contributed by atoms with E-state index in [1.165, 1.54) is 10.9 Å². The number of benzene rings is 2. The van der Waals surface area contributed by atoms with E-state index >= 15 is 0 Å². The topological polar surface area (TPSA) is 4.93 Å². The van der Waals surface area contributed by atoms with Crippen LogP contribution < -0.4 is 0 Å². The third-order valence-corrected chi connectivity index (χ3v) is 3.20. The van der Waals surface area contributed by atoms with Crippen molar-refractivity contribution in [3.05, 3.63) is 65.3 Å². The van der Waals surface area contributed by atoms with Gasteiger partial charge >= 0.3 is 0 Å². The van der Waals surface area contributed by atoms with Crippen LogP contribution in [0.3, 0.4) is 0 Å². The molecule has 0 saturated heterocycles. The molecule has 0 radical (unpaired) electrons. The van der Waals surface area contributed by atoms with Crippen LogP contribution in [0, 0.1) is 6.92 Å². The van der Waals surface area contributed by atoms with Crippen molar-refractivity contribution < 1.29 is 0 Å². The molecule has 17 heavy (non-hydrogen) atoms. The Morgan fingerprint density at radius 3 is 2.59 bits per heavy atom. The number of halogens is 1. The summed E-state index contributed by atoms with van der Waals surface area (Å²) in [6.45, 7) is 2.09. The summed E-state index contributed by atoms with van der Waals surface area (Å²) in [5, 5.41) is 1.91. The average molecular weight is 242 g/mol. The number of hydrogen-bond donors (Lipinski definition) is 0. The molecule has 0 unspecified atom stereocenters. The maximum Gasteiger partial charge on any atom is 0.114 e. The lowest BCUT2D eigenvalue weighted by Gasteiger charge is -2.07. The SMILES string of the molecule is Cc1cccc(-n2c(Cl)cc3ccccc32)c1. The van der Waals surface area contributed by atoms with Crippen molar-refractivity contribution >= 4 is 22.5 Å². The molecule has 3 aromatic rings. The van der Waals surface area contributed by atoms with E-state index in [0.717, 1.165) is 16.4 Å². The Balaban J connectivity index is 2.33. The highest BCUT2D eigenvalue weighted by atomic mass is 35.5. The lowest BCUT2D eigenvalue weighted by Crippen LogP contribution is -1.93. The summed E-state index contributed by atoms with van der Waals surface area (Å²) in [4.78, 5) is 0. The second kappa shape index (κ2) is 3.94. The van der Waals surface area contributed by atoms with Gasteiger partial charge in [-0.05, 0) is 36.8 Å². The zero-order valence-corrected chi connectivity index (χ0v) is 10.3. The van der Waals surface area contributed by atoms with Crippen LogP contribution in [0.2, 0.25) is 5.15 Å². The van der Waals surface area contributed by atoms with Crippen LogP contribution in [0.25, 0.3) is 16.6 Å². The summed E-state index contributed by atoms with van der Waals surface area (Å²) in [6.07, 6.45) is 0. The zero-order valence-electron chi connectivity index (χ0n) is 9.52. The first-order chi connectivity index (χ1) is 8.25. The fourth-order valence-corrected chi connectivity index (χ4v) is 2.46. The number of fused-ring (bicyclic) bond motifs is 1. The van der Waals surface area contributed by atoms with E-state index in [9.17, 15) is 0 Å². The molecule has 2 aromatic carbocycles. The van der Waals surface area contributed by atoms with Gasteiger partial charge in [0, 0.05) is 11.1 Å². The minimum absolute atomic E-state index is 0.747. The quantitative estimate of drug-likeness (QED) is 0.587. The van der Waals surface area contributed by atoms with Crippen molar-refractivity contribution in [2.24, 2.45) is 0 Å². The first-order valence-corrected chi connectivity index (χ1v) is 5.96. The van der Waals surface area contributed by atoms with E-state index in [-0.39, 0.29) is 0 Å². The number of hydrogen-bond acceptors (Lipinski definition) is 0. The monoisotopic (exact) mass is 241 g/mol. The molecule has 84 valence electrons. The van der Waals surface area contributed by atoms with Crippen LogP contribution >= 0.6 is 11.6 Å². The van der Waals surface area contributed by atoms with E-state index in [0.29, 0.717) is 0 Å². The van der Waals surface area contributed by atoms with Crippen LogP contribution in [-0.4, -0.2) is 4.57 Å². The number of rotatable bonds is 1. The second-order valence-electron chi connectivity index (χ2n) is 4.20. The highest BCUT2D eigenvalue weighted by Gasteiger charge is 2.07. The Morgan fingerprint density at radius 1 is 0.941 bits per heavy atom. The largest absolute Gasteiger partial charge is 0.300 e. The fraction of sp³-hybridized carbons (Fsp3) is 0.0667. The van der Waals surface area contributed by atoms with Crippen molar-refractivity contribution in [3.8, 4) is 5.69 Å². The van der Waals surface area contributed by atoms with Crippen LogP contribution in [0.4, 0.5) is 0 Å². The average Bonchev–Trinajstić information content (AvgIpc) is 2.64. The number of para-hydroxylation sites is 1. The predicted molar refractivity (Wildman–Crippen MR) is 73.0 cm³/mol.